The van der Waals surface area contributed by atoms with Crippen LogP contribution in [-0.2, 0) is 47.7 Å². The van der Waals surface area contributed by atoms with E-state index in [1.807, 2.05) is 26.0 Å². The number of carbonyl (C=O) groups is 6. The standard InChI is InChI=1S/C42H46N2O12/c1-5-11-35(51-33(45)7-3)53-39(47)25-15-19-27(20-16-25)41(49)55-37-29-13-9-10-14-30(29)38(32(24-44)31(37)23-43)56-42(50)28-21-17-26(18-22-28)40(48)54-36(12-6-2)52-34(46)8-4/h7-10,13-14,25-28,35-36H,3-6,11-12,15-22H2,1-2H3. The molecule has 2 unspecified atom stereocenters. The van der Waals surface area contributed by atoms with E-state index in [1.54, 1.807) is 24.3 Å². The SMILES string of the molecule is C=CC(=O)OC(CCC)OC(=O)C1CCC(C(=O)Oc2c(C#N)c(C#N)c(OC(=O)C3CCC(C(=O)OC(CCC)OC(=O)C=C)CC3)c3ccccc23)CC1. The van der Waals surface area contributed by atoms with E-state index < -0.39 is 72.1 Å². The minimum atomic E-state index is -1.04. The molecule has 14 heteroatoms. The molecule has 0 aliphatic heterocycles. The lowest BCUT2D eigenvalue weighted by molar-refractivity contribution is -0.191. The number of rotatable bonds is 16. The fourth-order valence-electron chi connectivity index (χ4n) is 6.86. The Morgan fingerprint density at radius 2 is 0.929 bits per heavy atom. The molecule has 2 atom stereocenters. The molecule has 0 saturated heterocycles. The van der Waals surface area contributed by atoms with Crippen LogP contribution in [0.25, 0.3) is 10.8 Å². The van der Waals surface area contributed by atoms with Gasteiger partial charge in [0.2, 0.25) is 12.6 Å². The Morgan fingerprint density at radius 3 is 1.21 bits per heavy atom. The lowest BCUT2D eigenvalue weighted by Gasteiger charge is -2.28. The molecule has 2 aromatic rings. The van der Waals surface area contributed by atoms with Crippen LogP contribution in [0.4, 0.5) is 0 Å². The number of fused-ring (bicyclic) bond motifs is 1. The molecule has 0 aromatic heterocycles. The van der Waals surface area contributed by atoms with Crippen LogP contribution in [-0.4, -0.2) is 48.4 Å². The number of hydrogen-bond donors (Lipinski definition) is 0. The second-order valence-electron chi connectivity index (χ2n) is 13.7. The van der Waals surface area contributed by atoms with Crippen molar-refractivity contribution in [2.24, 2.45) is 23.7 Å². The monoisotopic (exact) mass is 770 g/mol. The summed E-state index contributed by atoms with van der Waals surface area (Å²) in [7, 11) is 0. The fraction of sp³-hybridized carbons (Fsp3) is 0.476. The van der Waals surface area contributed by atoms with E-state index in [-0.39, 0.29) is 59.1 Å². The molecule has 296 valence electrons. The van der Waals surface area contributed by atoms with Crippen LogP contribution in [0, 0.1) is 46.3 Å². The topological polar surface area (TPSA) is 205 Å². The summed E-state index contributed by atoms with van der Waals surface area (Å²) >= 11 is 0. The van der Waals surface area contributed by atoms with Gasteiger partial charge in [0, 0.05) is 35.8 Å². The van der Waals surface area contributed by atoms with Crippen molar-refractivity contribution >= 4 is 46.6 Å². The molecular formula is C42H46N2O12. The average molecular weight is 771 g/mol. The molecule has 4 rings (SSSR count). The lowest BCUT2D eigenvalue weighted by atomic mass is 9.82. The van der Waals surface area contributed by atoms with Crippen molar-refractivity contribution in [2.45, 2.75) is 103 Å². The Hall–Kier alpha value is -6.02. The minimum Gasteiger partial charge on any atom is -0.425 e. The highest BCUT2D eigenvalue weighted by molar-refractivity contribution is 6.00. The summed E-state index contributed by atoms with van der Waals surface area (Å²) < 4.78 is 32.8. The molecule has 0 bridgehead atoms. The van der Waals surface area contributed by atoms with Gasteiger partial charge in [0.1, 0.15) is 23.3 Å². The summed E-state index contributed by atoms with van der Waals surface area (Å²) in [6, 6.07) is 10.4. The Morgan fingerprint density at radius 1 is 0.607 bits per heavy atom. The molecule has 56 heavy (non-hydrogen) atoms. The quantitative estimate of drug-likeness (QED) is 0.0745. The summed E-state index contributed by atoms with van der Waals surface area (Å²) in [6.07, 6.45) is 4.14. The van der Waals surface area contributed by atoms with Gasteiger partial charge >= 0.3 is 35.8 Å². The summed E-state index contributed by atoms with van der Waals surface area (Å²) in [5.74, 6) is -6.34. The zero-order valence-corrected chi connectivity index (χ0v) is 31.6. The Labute approximate surface area is 325 Å². The van der Waals surface area contributed by atoms with Gasteiger partial charge < -0.3 is 28.4 Å². The number of ether oxygens (including phenoxy) is 6. The first-order valence-electron chi connectivity index (χ1n) is 18.9. The van der Waals surface area contributed by atoms with Gasteiger partial charge in [0.05, 0.1) is 23.7 Å². The fourth-order valence-corrected chi connectivity index (χ4v) is 6.86. The highest BCUT2D eigenvalue weighted by atomic mass is 16.7. The van der Waals surface area contributed by atoms with Crippen molar-refractivity contribution < 1.29 is 57.2 Å². The molecule has 14 nitrogen and oxygen atoms in total. The lowest BCUT2D eigenvalue weighted by Crippen LogP contribution is -2.32. The molecule has 2 fully saturated rings. The van der Waals surface area contributed by atoms with Gasteiger partial charge in [-0.1, -0.05) is 51.3 Å². The van der Waals surface area contributed by atoms with Crippen LogP contribution in [0.2, 0.25) is 0 Å². The molecule has 0 amide bonds. The summed E-state index contributed by atoms with van der Waals surface area (Å²) in [5.41, 5.74) is -0.554. The third kappa shape index (κ3) is 10.8. The van der Waals surface area contributed by atoms with Crippen molar-refractivity contribution in [3.63, 3.8) is 0 Å². The Balaban J connectivity index is 1.44. The number of hydrogen-bond acceptors (Lipinski definition) is 14. The predicted molar refractivity (Wildman–Crippen MR) is 198 cm³/mol. The van der Waals surface area contributed by atoms with Crippen molar-refractivity contribution in [2.75, 3.05) is 0 Å². The normalized spacial score (nSPS) is 20.1. The van der Waals surface area contributed by atoms with Gasteiger partial charge in [0.25, 0.3) is 0 Å². The predicted octanol–water partition coefficient (Wildman–Crippen LogP) is 6.80. The zero-order valence-electron chi connectivity index (χ0n) is 31.6. The number of nitrogens with zero attached hydrogens (tertiary/aromatic N) is 2. The van der Waals surface area contributed by atoms with Gasteiger partial charge in [-0.05, 0) is 64.2 Å². The first kappa shape index (κ1) is 42.7. The van der Waals surface area contributed by atoms with E-state index in [0.717, 1.165) is 12.2 Å². The van der Waals surface area contributed by atoms with Crippen molar-refractivity contribution in [1.29, 1.82) is 10.5 Å². The molecule has 0 spiro atoms. The van der Waals surface area contributed by atoms with Crippen molar-refractivity contribution in [1.82, 2.24) is 0 Å². The molecule has 2 saturated carbocycles. The highest BCUT2D eigenvalue weighted by Crippen LogP contribution is 2.42. The smallest absolute Gasteiger partial charge is 0.333 e. The van der Waals surface area contributed by atoms with E-state index in [2.05, 4.69) is 13.2 Å². The van der Waals surface area contributed by atoms with Crippen molar-refractivity contribution in [3.8, 4) is 23.6 Å². The summed E-state index contributed by atoms with van der Waals surface area (Å²) in [4.78, 5) is 76.1. The highest BCUT2D eigenvalue weighted by Gasteiger charge is 2.36. The average Bonchev–Trinajstić information content (AvgIpc) is 3.21. The van der Waals surface area contributed by atoms with Gasteiger partial charge in [-0.15, -0.1) is 0 Å². The van der Waals surface area contributed by atoms with E-state index >= 15 is 0 Å². The molecular weight excluding hydrogens is 724 g/mol. The summed E-state index contributed by atoms with van der Waals surface area (Å²) in [5, 5.41) is 21.0. The molecule has 2 aromatic carbocycles. The maximum absolute atomic E-state index is 13.5. The summed E-state index contributed by atoms with van der Waals surface area (Å²) in [6.45, 7) is 10.4. The third-order valence-electron chi connectivity index (χ3n) is 9.91. The molecule has 0 heterocycles. The van der Waals surface area contributed by atoms with E-state index in [4.69, 9.17) is 28.4 Å². The van der Waals surface area contributed by atoms with Gasteiger partial charge in [-0.25, -0.2) is 9.59 Å². The number of esters is 6. The van der Waals surface area contributed by atoms with Gasteiger partial charge in [-0.2, -0.15) is 10.5 Å². The minimum absolute atomic E-state index is 0.142. The third-order valence-corrected chi connectivity index (χ3v) is 9.91. The Bertz CT molecular complexity index is 1770. The zero-order chi connectivity index (χ0) is 40.8. The molecule has 0 radical (unpaired) electrons. The van der Waals surface area contributed by atoms with Crippen LogP contribution >= 0.6 is 0 Å². The van der Waals surface area contributed by atoms with E-state index in [9.17, 15) is 39.3 Å². The Kier molecular flexibility index (Phi) is 15.7. The van der Waals surface area contributed by atoms with Crippen LogP contribution in [0.15, 0.2) is 49.6 Å². The maximum atomic E-state index is 13.5. The number of carbonyl (C=O) groups excluding carboxylic acids is 6. The number of benzene rings is 2. The van der Waals surface area contributed by atoms with Gasteiger partial charge in [-0.3, -0.25) is 19.2 Å². The second kappa shape index (κ2) is 20.6. The maximum Gasteiger partial charge on any atom is 0.333 e. The molecule has 0 N–H and O–H groups in total. The molecule has 2 aliphatic carbocycles. The van der Waals surface area contributed by atoms with Crippen LogP contribution in [0.1, 0.15) is 102 Å². The second-order valence-corrected chi connectivity index (χ2v) is 13.7. The van der Waals surface area contributed by atoms with Gasteiger partial charge in [0.15, 0.2) is 11.5 Å². The largest absolute Gasteiger partial charge is 0.425 e. The molecule has 2 aliphatic rings. The van der Waals surface area contributed by atoms with E-state index in [1.165, 1.54) is 0 Å². The first-order chi connectivity index (χ1) is 27.0. The van der Waals surface area contributed by atoms with Crippen LogP contribution in [0.5, 0.6) is 11.5 Å². The first-order valence-corrected chi connectivity index (χ1v) is 18.9. The van der Waals surface area contributed by atoms with Crippen molar-refractivity contribution in [3.05, 3.63) is 60.7 Å². The van der Waals surface area contributed by atoms with Crippen LogP contribution < -0.4 is 9.47 Å². The van der Waals surface area contributed by atoms with Crippen LogP contribution in [0.3, 0.4) is 0 Å². The number of nitriles is 2. The van der Waals surface area contributed by atoms with E-state index in [0.29, 0.717) is 51.4 Å².